The first kappa shape index (κ1) is 16.4. The highest BCUT2D eigenvalue weighted by Gasteiger charge is 2.05. The number of fused-ring (bicyclic) bond motifs is 1. The van der Waals surface area contributed by atoms with Crippen molar-refractivity contribution in [2.45, 2.75) is 6.42 Å². The summed E-state index contributed by atoms with van der Waals surface area (Å²) in [6, 6.07) is 17.7. The largest absolute Gasteiger partial charge is 0.361 e. The van der Waals surface area contributed by atoms with E-state index < -0.39 is 0 Å². The molecule has 0 aliphatic rings. The predicted octanol–water partition coefficient (Wildman–Crippen LogP) is 5.01. The molecule has 26 heavy (non-hydrogen) atoms. The summed E-state index contributed by atoms with van der Waals surface area (Å²) in [4.78, 5) is 12.1. The van der Waals surface area contributed by atoms with Crippen molar-refractivity contribution in [2.24, 2.45) is 0 Å². The van der Waals surface area contributed by atoms with Crippen molar-refractivity contribution in [3.05, 3.63) is 77.6 Å². The van der Waals surface area contributed by atoms with E-state index in [9.17, 15) is 0 Å². The van der Waals surface area contributed by atoms with Gasteiger partial charge in [0.25, 0.3) is 0 Å². The molecule has 0 radical (unpaired) electrons. The Bertz CT molecular complexity index is 1030. The summed E-state index contributed by atoms with van der Waals surface area (Å²) in [5.41, 5.74) is 3.25. The molecule has 0 aliphatic heterocycles. The molecule has 0 saturated carbocycles. The maximum absolute atomic E-state index is 6.18. The maximum Gasteiger partial charge on any atom is 0.224 e. The van der Waals surface area contributed by atoms with Gasteiger partial charge >= 0.3 is 0 Å². The summed E-state index contributed by atoms with van der Waals surface area (Å²) < 4.78 is 0. The van der Waals surface area contributed by atoms with Crippen LogP contribution < -0.4 is 10.6 Å². The number of nitrogens with one attached hydrogen (secondary N) is 3. The van der Waals surface area contributed by atoms with Crippen molar-refractivity contribution in [2.75, 3.05) is 17.2 Å². The predicted molar refractivity (Wildman–Crippen MR) is 107 cm³/mol. The zero-order valence-corrected chi connectivity index (χ0v) is 14.8. The molecule has 0 amide bonds. The molecule has 130 valence electrons. The number of anilines is 3. The van der Waals surface area contributed by atoms with Crippen molar-refractivity contribution in [1.29, 1.82) is 0 Å². The lowest BCUT2D eigenvalue weighted by Crippen LogP contribution is -2.08. The van der Waals surface area contributed by atoms with E-state index in [-0.39, 0.29) is 0 Å². The van der Waals surface area contributed by atoms with E-state index in [0.717, 1.165) is 24.2 Å². The second-order valence-corrected chi connectivity index (χ2v) is 6.31. The lowest BCUT2D eigenvalue weighted by atomic mass is 10.1. The maximum atomic E-state index is 6.18. The molecule has 0 aliphatic carbocycles. The minimum absolute atomic E-state index is 0.585. The molecule has 2 heterocycles. The minimum atomic E-state index is 0.585. The molecule has 0 fully saturated rings. The number of H-pyrrole nitrogens is 1. The molecule has 5 nitrogen and oxygen atoms in total. The third-order valence-electron chi connectivity index (χ3n) is 4.14. The number of hydrogen-bond acceptors (Lipinski definition) is 4. The Morgan fingerprint density at radius 1 is 1.00 bits per heavy atom. The van der Waals surface area contributed by atoms with Gasteiger partial charge in [-0.05, 0) is 36.2 Å². The van der Waals surface area contributed by atoms with E-state index in [1.807, 2.05) is 36.4 Å². The number of aromatic nitrogens is 3. The lowest BCUT2D eigenvalue weighted by molar-refractivity contribution is 0.991. The Morgan fingerprint density at radius 2 is 1.85 bits per heavy atom. The van der Waals surface area contributed by atoms with Crippen LogP contribution in [0.2, 0.25) is 5.02 Å². The lowest BCUT2D eigenvalue weighted by Gasteiger charge is -2.09. The first-order valence-corrected chi connectivity index (χ1v) is 8.81. The molecule has 2 aromatic carbocycles. The number of rotatable bonds is 6. The van der Waals surface area contributed by atoms with Gasteiger partial charge in [0.2, 0.25) is 5.95 Å². The molecule has 4 rings (SSSR count). The highest BCUT2D eigenvalue weighted by atomic mass is 35.5. The Hall–Kier alpha value is -3.05. The molecular weight excluding hydrogens is 346 g/mol. The quantitative estimate of drug-likeness (QED) is 0.450. The number of hydrogen-bond donors (Lipinski definition) is 3. The summed E-state index contributed by atoms with van der Waals surface area (Å²) >= 11 is 6.18. The van der Waals surface area contributed by atoms with Crippen LogP contribution in [0.3, 0.4) is 0 Å². The third-order valence-corrected chi connectivity index (χ3v) is 4.47. The molecule has 0 saturated heterocycles. The number of aromatic amines is 1. The van der Waals surface area contributed by atoms with E-state index in [2.05, 4.69) is 50.0 Å². The van der Waals surface area contributed by atoms with Gasteiger partial charge in [0, 0.05) is 29.8 Å². The summed E-state index contributed by atoms with van der Waals surface area (Å²) in [6.07, 6.45) is 4.67. The van der Waals surface area contributed by atoms with Gasteiger partial charge in [-0.15, -0.1) is 0 Å². The number of nitrogens with zero attached hydrogens (tertiary/aromatic N) is 2. The second kappa shape index (κ2) is 7.45. The van der Waals surface area contributed by atoms with Crippen LogP contribution in [-0.2, 0) is 6.42 Å². The van der Waals surface area contributed by atoms with Crippen molar-refractivity contribution >= 4 is 40.0 Å². The van der Waals surface area contributed by atoms with E-state index >= 15 is 0 Å². The van der Waals surface area contributed by atoms with Crippen LogP contribution in [0.5, 0.6) is 0 Å². The minimum Gasteiger partial charge on any atom is -0.361 e. The van der Waals surface area contributed by atoms with Crippen molar-refractivity contribution in [3.8, 4) is 0 Å². The number of halogens is 1. The third kappa shape index (κ3) is 3.63. The van der Waals surface area contributed by atoms with Crippen LogP contribution in [0.25, 0.3) is 10.9 Å². The van der Waals surface area contributed by atoms with Crippen molar-refractivity contribution in [1.82, 2.24) is 15.0 Å². The normalized spacial score (nSPS) is 10.8. The molecule has 4 aromatic rings. The zero-order valence-electron chi connectivity index (χ0n) is 14.0. The molecule has 0 bridgehead atoms. The fourth-order valence-corrected chi connectivity index (χ4v) is 3.04. The fraction of sp³-hybridized carbons (Fsp3) is 0.100. The van der Waals surface area contributed by atoms with Crippen molar-refractivity contribution < 1.29 is 0 Å². The summed E-state index contributed by atoms with van der Waals surface area (Å²) in [7, 11) is 0. The first-order chi connectivity index (χ1) is 12.8. The molecule has 2 aromatic heterocycles. The topological polar surface area (TPSA) is 65.6 Å². The van der Waals surface area contributed by atoms with Gasteiger partial charge in [-0.2, -0.15) is 4.98 Å². The van der Waals surface area contributed by atoms with Crippen LogP contribution in [0.1, 0.15) is 5.56 Å². The number of benzene rings is 2. The SMILES string of the molecule is Clc1ccccc1Nc1ccnc(NCCc2c[nH]c3ccccc23)n1. The van der Waals surface area contributed by atoms with Crippen molar-refractivity contribution in [3.63, 3.8) is 0 Å². The van der Waals surface area contributed by atoms with Gasteiger partial charge in [0.15, 0.2) is 0 Å². The van der Waals surface area contributed by atoms with Gasteiger partial charge in [-0.1, -0.05) is 41.9 Å². The molecule has 6 heteroatoms. The molecule has 3 N–H and O–H groups in total. The van der Waals surface area contributed by atoms with Crippen LogP contribution in [-0.4, -0.2) is 21.5 Å². The van der Waals surface area contributed by atoms with Gasteiger partial charge in [0.05, 0.1) is 10.7 Å². The highest BCUT2D eigenvalue weighted by Crippen LogP contribution is 2.24. The monoisotopic (exact) mass is 363 g/mol. The first-order valence-electron chi connectivity index (χ1n) is 8.43. The van der Waals surface area contributed by atoms with Gasteiger partial charge in [-0.3, -0.25) is 0 Å². The second-order valence-electron chi connectivity index (χ2n) is 5.91. The average Bonchev–Trinajstić information content (AvgIpc) is 3.07. The van der Waals surface area contributed by atoms with Crippen LogP contribution in [0, 0.1) is 0 Å². The summed E-state index contributed by atoms with van der Waals surface area (Å²) in [6.45, 7) is 0.747. The van der Waals surface area contributed by atoms with E-state index in [0.29, 0.717) is 16.8 Å². The molecule has 0 spiro atoms. The zero-order chi connectivity index (χ0) is 17.8. The number of para-hydroxylation sites is 2. The van der Waals surface area contributed by atoms with E-state index in [4.69, 9.17) is 11.6 Å². The van der Waals surface area contributed by atoms with Crippen LogP contribution in [0.4, 0.5) is 17.5 Å². The smallest absolute Gasteiger partial charge is 0.224 e. The summed E-state index contributed by atoms with van der Waals surface area (Å²) in [5.74, 6) is 1.28. The molecular formula is C20H18ClN5. The molecule has 0 unspecified atom stereocenters. The van der Waals surface area contributed by atoms with Gasteiger partial charge < -0.3 is 15.6 Å². The average molecular weight is 364 g/mol. The summed E-state index contributed by atoms with van der Waals surface area (Å²) in [5, 5.41) is 8.40. The Balaban J connectivity index is 1.40. The van der Waals surface area contributed by atoms with Gasteiger partial charge in [0.1, 0.15) is 5.82 Å². The Kier molecular flexibility index (Phi) is 4.71. The van der Waals surface area contributed by atoms with Crippen LogP contribution >= 0.6 is 11.6 Å². The van der Waals surface area contributed by atoms with E-state index in [1.54, 1.807) is 6.20 Å². The standard InChI is InChI=1S/C20H18ClN5/c21-16-6-2-4-8-18(16)25-19-10-12-23-20(26-19)22-11-9-14-13-24-17-7-3-1-5-15(14)17/h1-8,10,12-13,24H,9,11H2,(H2,22,23,25,26). The Morgan fingerprint density at radius 3 is 2.77 bits per heavy atom. The van der Waals surface area contributed by atoms with Gasteiger partial charge in [-0.25, -0.2) is 4.98 Å². The van der Waals surface area contributed by atoms with E-state index in [1.165, 1.54) is 10.9 Å². The molecule has 0 atom stereocenters. The highest BCUT2D eigenvalue weighted by molar-refractivity contribution is 6.33. The Labute approximate surface area is 156 Å². The fourth-order valence-electron chi connectivity index (χ4n) is 2.86. The van der Waals surface area contributed by atoms with Crippen LogP contribution in [0.15, 0.2) is 67.0 Å².